The highest BCUT2D eigenvalue weighted by Gasteiger charge is 2.17. The van der Waals surface area contributed by atoms with E-state index in [2.05, 4.69) is 48.4 Å². The molecule has 0 unspecified atom stereocenters. The number of unbranched alkanes of at least 4 members (excludes halogenated alkanes) is 3. The Bertz CT molecular complexity index is 942. The third-order valence-corrected chi connectivity index (χ3v) is 5.25. The highest BCUT2D eigenvalue weighted by molar-refractivity contribution is 5.93. The second-order valence-corrected chi connectivity index (χ2v) is 7.27. The molecule has 0 bridgehead atoms. The Morgan fingerprint density at radius 2 is 2.04 bits per heavy atom. The van der Waals surface area contributed by atoms with Gasteiger partial charge < -0.3 is 4.40 Å². The van der Waals surface area contributed by atoms with Gasteiger partial charge in [0, 0.05) is 18.0 Å². The van der Waals surface area contributed by atoms with Crippen LogP contribution in [0.3, 0.4) is 0 Å². The maximum Gasteiger partial charge on any atom is 0.137 e. The Kier molecular flexibility index (Phi) is 4.75. The zero-order valence-corrected chi connectivity index (χ0v) is 15.5. The van der Waals surface area contributed by atoms with Gasteiger partial charge in [-0.25, -0.2) is 4.98 Å². The molecule has 0 saturated heterocycles. The van der Waals surface area contributed by atoms with Gasteiger partial charge in [-0.15, -0.1) is 0 Å². The van der Waals surface area contributed by atoms with E-state index in [0.29, 0.717) is 0 Å². The summed E-state index contributed by atoms with van der Waals surface area (Å²) in [6.07, 6.45) is 13.7. The number of rotatable bonds is 6. The van der Waals surface area contributed by atoms with Crippen molar-refractivity contribution in [2.75, 3.05) is 0 Å². The summed E-state index contributed by atoms with van der Waals surface area (Å²) in [6, 6.07) is 13.0. The summed E-state index contributed by atoms with van der Waals surface area (Å²) in [5.41, 5.74) is 8.46. The number of pyridine rings is 1. The van der Waals surface area contributed by atoms with Crippen LogP contribution in [-0.2, 0) is 12.8 Å². The van der Waals surface area contributed by atoms with Crippen molar-refractivity contribution in [2.24, 2.45) is 0 Å². The van der Waals surface area contributed by atoms with E-state index in [1.54, 1.807) is 0 Å². The lowest BCUT2D eigenvalue weighted by atomic mass is 9.86. The van der Waals surface area contributed by atoms with Crippen LogP contribution in [0.2, 0.25) is 0 Å². The molecule has 132 valence electrons. The molecule has 4 rings (SSSR count). The van der Waals surface area contributed by atoms with Gasteiger partial charge >= 0.3 is 0 Å². The van der Waals surface area contributed by atoms with Crippen molar-refractivity contribution < 1.29 is 0 Å². The number of nitrogens with zero attached hydrogens (tertiary/aromatic N) is 2. The van der Waals surface area contributed by atoms with Gasteiger partial charge in [-0.05, 0) is 59.7 Å². The fourth-order valence-corrected chi connectivity index (χ4v) is 3.75. The Hall–Kier alpha value is -2.61. The van der Waals surface area contributed by atoms with Gasteiger partial charge in [-0.2, -0.15) is 0 Å². The average Bonchev–Trinajstić information content (AvgIpc) is 3.08. The van der Waals surface area contributed by atoms with E-state index in [1.807, 2.05) is 24.4 Å². The van der Waals surface area contributed by atoms with Gasteiger partial charge in [-0.3, -0.25) is 0 Å². The first-order chi connectivity index (χ1) is 12.7. The van der Waals surface area contributed by atoms with Crippen LogP contribution in [0.15, 0.2) is 60.9 Å². The van der Waals surface area contributed by atoms with E-state index in [9.17, 15) is 0 Å². The minimum Gasteiger partial charge on any atom is -0.306 e. The molecule has 0 N–H and O–H groups in total. The number of benzene rings is 1. The smallest absolute Gasteiger partial charge is 0.137 e. The van der Waals surface area contributed by atoms with Crippen molar-refractivity contribution in [3.05, 3.63) is 83.3 Å². The van der Waals surface area contributed by atoms with Crippen molar-refractivity contribution in [1.29, 1.82) is 0 Å². The van der Waals surface area contributed by atoms with Crippen molar-refractivity contribution in [2.45, 2.75) is 45.4 Å². The summed E-state index contributed by atoms with van der Waals surface area (Å²) in [6.45, 7) is 6.58. The van der Waals surface area contributed by atoms with Crippen LogP contribution in [0.4, 0.5) is 0 Å². The van der Waals surface area contributed by atoms with Crippen LogP contribution in [-0.4, -0.2) is 9.38 Å². The van der Waals surface area contributed by atoms with Gasteiger partial charge in [0.1, 0.15) is 5.65 Å². The van der Waals surface area contributed by atoms with Crippen molar-refractivity contribution in [1.82, 2.24) is 9.38 Å². The Morgan fingerprint density at radius 3 is 2.88 bits per heavy atom. The van der Waals surface area contributed by atoms with Crippen LogP contribution in [0.25, 0.3) is 17.3 Å². The van der Waals surface area contributed by atoms with Gasteiger partial charge in [0.15, 0.2) is 0 Å². The Balaban J connectivity index is 1.63. The normalized spacial score (nSPS) is 13.7. The lowest BCUT2D eigenvalue weighted by Gasteiger charge is -2.19. The minimum atomic E-state index is 0.908. The molecule has 2 heteroatoms. The maximum atomic E-state index is 4.79. The standard InChI is InChI=1S/C24H26N2/c1-3-4-5-6-9-19-11-12-20-14-18(2)22(16-21(20)15-19)23-17-26-13-8-7-10-24(26)25-23/h7-8,10-13,15-17H,2-6,9,14H2,1H3. The first-order valence-corrected chi connectivity index (χ1v) is 9.70. The first-order valence-electron chi connectivity index (χ1n) is 9.70. The molecule has 1 aliphatic rings. The lowest BCUT2D eigenvalue weighted by molar-refractivity contribution is 0.667. The van der Waals surface area contributed by atoms with Crippen molar-refractivity contribution in [3.8, 4) is 0 Å². The number of hydrogen-bond donors (Lipinski definition) is 0. The summed E-state index contributed by atoms with van der Waals surface area (Å²) in [7, 11) is 0. The molecule has 0 amide bonds. The fourth-order valence-electron chi connectivity index (χ4n) is 3.75. The molecule has 2 aromatic heterocycles. The number of imidazole rings is 1. The summed E-state index contributed by atoms with van der Waals surface area (Å²) < 4.78 is 2.07. The molecule has 0 saturated carbocycles. The van der Waals surface area contributed by atoms with Crippen molar-refractivity contribution >= 4 is 17.3 Å². The van der Waals surface area contributed by atoms with E-state index in [0.717, 1.165) is 23.3 Å². The SMILES string of the molecule is C=C1Cc2ccc(CCCCCC)cc2C=C1c1cn2ccccc2n1. The molecule has 1 aromatic carbocycles. The predicted molar refractivity (Wildman–Crippen MR) is 110 cm³/mol. The van der Waals surface area contributed by atoms with E-state index in [-0.39, 0.29) is 0 Å². The van der Waals surface area contributed by atoms with Crippen LogP contribution >= 0.6 is 0 Å². The van der Waals surface area contributed by atoms with Gasteiger partial charge in [-0.1, -0.05) is 57.0 Å². The fraction of sp³-hybridized carbons (Fsp3) is 0.292. The highest BCUT2D eigenvalue weighted by atomic mass is 15.0. The molecule has 0 atom stereocenters. The summed E-state index contributed by atoms with van der Waals surface area (Å²) in [5, 5.41) is 0. The Morgan fingerprint density at radius 1 is 1.12 bits per heavy atom. The number of hydrogen-bond acceptors (Lipinski definition) is 1. The molecule has 3 aromatic rings. The van der Waals surface area contributed by atoms with Crippen LogP contribution < -0.4 is 0 Å². The molecular weight excluding hydrogens is 316 g/mol. The zero-order valence-electron chi connectivity index (χ0n) is 15.5. The zero-order chi connectivity index (χ0) is 17.9. The quantitative estimate of drug-likeness (QED) is 0.494. The molecule has 1 aliphatic carbocycles. The van der Waals surface area contributed by atoms with Crippen LogP contribution in [0, 0.1) is 0 Å². The average molecular weight is 342 g/mol. The first kappa shape index (κ1) is 16.8. The molecule has 0 spiro atoms. The van der Waals surface area contributed by atoms with E-state index >= 15 is 0 Å². The second kappa shape index (κ2) is 7.33. The van der Waals surface area contributed by atoms with E-state index in [4.69, 9.17) is 4.98 Å². The van der Waals surface area contributed by atoms with E-state index in [1.165, 1.54) is 54.4 Å². The third-order valence-electron chi connectivity index (χ3n) is 5.25. The molecule has 0 aliphatic heterocycles. The van der Waals surface area contributed by atoms with Crippen LogP contribution in [0.1, 0.15) is 55.0 Å². The number of allylic oxidation sites excluding steroid dienone is 2. The number of fused-ring (bicyclic) bond motifs is 2. The molecular formula is C24H26N2. The van der Waals surface area contributed by atoms with Crippen molar-refractivity contribution in [3.63, 3.8) is 0 Å². The summed E-state index contributed by atoms with van der Waals surface area (Å²) in [4.78, 5) is 4.79. The molecule has 0 radical (unpaired) electrons. The summed E-state index contributed by atoms with van der Waals surface area (Å²) in [5.74, 6) is 0. The highest BCUT2D eigenvalue weighted by Crippen LogP contribution is 2.34. The molecule has 2 nitrogen and oxygen atoms in total. The summed E-state index contributed by atoms with van der Waals surface area (Å²) >= 11 is 0. The van der Waals surface area contributed by atoms with Crippen LogP contribution in [0.5, 0.6) is 0 Å². The largest absolute Gasteiger partial charge is 0.306 e. The maximum absolute atomic E-state index is 4.79. The monoisotopic (exact) mass is 342 g/mol. The predicted octanol–water partition coefficient (Wildman–Crippen LogP) is 6.11. The van der Waals surface area contributed by atoms with Gasteiger partial charge in [0.2, 0.25) is 0 Å². The second-order valence-electron chi connectivity index (χ2n) is 7.27. The molecule has 0 fully saturated rings. The lowest BCUT2D eigenvalue weighted by Crippen LogP contribution is -2.03. The van der Waals surface area contributed by atoms with Gasteiger partial charge in [0.25, 0.3) is 0 Å². The molecule has 26 heavy (non-hydrogen) atoms. The van der Waals surface area contributed by atoms with E-state index < -0.39 is 0 Å². The topological polar surface area (TPSA) is 17.3 Å². The third kappa shape index (κ3) is 3.37. The number of aromatic nitrogens is 2. The Labute approximate surface area is 155 Å². The minimum absolute atomic E-state index is 0.908. The number of aryl methyl sites for hydroxylation is 1. The van der Waals surface area contributed by atoms with Gasteiger partial charge in [0.05, 0.1) is 5.69 Å². The molecule has 2 heterocycles.